The highest BCUT2D eigenvalue weighted by molar-refractivity contribution is 6.42. The van der Waals surface area contributed by atoms with E-state index in [1.807, 2.05) is 12.1 Å². The molecule has 3 aliphatic carbocycles. The quantitative estimate of drug-likeness (QED) is 0.778. The SMILES string of the molecule is Cl.NC1CC2CCCC(C1)C2NC(=O)C1CC1c1cccc(Cl)c1Cl. The molecule has 0 radical (unpaired) electrons. The summed E-state index contributed by atoms with van der Waals surface area (Å²) in [6.45, 7) is 0. The van der Waals surface area contributed by atoms with Gasteiger partial charge in [-0.1, -0.05) is 41.8 Å². The van der Waals surface area contributed by atoms with Crippen LogP contribution in [0, 0.1) is 17.8 Å². The second kappa shape index (κ2) is 7.64. The minimum atomic E-state index is 0. The van der Waals surface area contributed by atoms with E-state index in [0.717, 1.165) is 24.8 Å². The Kier molecular flexibility index (Phi) is 5.89. The molecule has 4 unspecified atom stereocenters. The Morgan fingerprint density at radius 3 is 2.48 bits per heavy atom. The van der Waals surface area contributed by atoms with Crippen LogP contribution in [-0.2, 0) is 4.79 Å². The maximum Gasteiger partial charge on any atom is 0.223 e. The third kappa shape index (κ3) is 3.80. The van der Waals surface area contributed by atoms with E-state index < -0.39 is 0 Å². The lowest BCUT2D eigenvalue weighted by Crippen LogP contribution is -2.54. The van der Waals surface area contributed by atoms with E-state index in [-0.39, 0.29) is 30.2 Å². The van der Waals surface area contributed by atoms with Crippen molar-refractivity contribution >= 4 is 41.5 Å². The molecule has 3 saturated carbocycles. The molecule has 0 aromatic heterocycles. The Balaban J connectivity index is 0.00000182. The second-order valence-electron chi connectivity index (χ2n) is 7.81. The minimum Gasteiger partial charge on any atom is -0.353 e. The first-order chi connectivity index (χ1) is 11.5. The van der Waals surface area contributed by atoms with Crippen molar-refractivity contribution in [1.82, 2.24) is 5.32 Å². The van der Waals surface area contributed by atoms with Crippen LogP contribution in [0.3, 0.4) is 0 Å². The Hall–Kier alpha value is -0.480. The number of carbonyl (C=O) groups is 1. The summed E-state index contributed by atoms with van der Waals surface area (Å²) in [5.74, 6) is 1.56. The first-order valence-corrected chi connectivity index (χ1v) is 9.80. The molecular formula is C19H25Cl3N2O. The summed E-state index contributed by atoms with van der Waals surface area (Å²) in [6, 6.07) is 6.32. The van der Waals surface area contributed by atoms with E-state index in [0.29, 0.717) is 34.0 Å². The van der Waals surface area contributed by atoms with Gasteiger partial charge in [0.1, 0.15) is 0 Å². The van der Waals surface area contributed by atoms with Gasteiger partial charge in [0.2, 0.25) is 5.91 Å². The average molecular weight is 404 g/mol. The first-order valence-electron chi connectivity index (χ1n) is 9.04. The van der Waals surface area contributed by atoms with Gasteiger partial charge >= 0.3 is 0 Å². The van der Waals surface area contributed by atoms with Crippen molar-refractivity contribution in [1.29, 1.82) is 0 Å². The van der Waals surface area contributed by atoms with Crippen molar-refractivity contribution in [2.45, 2.75) is 56.5 Å². The van der Waals surface area contributed by atoms with E-state index in [2.05, 4.69) is 5.32 Å². The van der Waals surface area contributed by atoms with Gasteiger partial charge in [0.15, 0.2) is 0 Å². The highest BCUT2D eigenvalue weighted by Gasteiger charge is 2.47. The Morgan fingerprint density at radius 2 is 1.80 bits per heavy atom. The molecule has 138 valence electrons. The zero-order chi connectivity index (χ0) is 16.8. The summed E-state index contributed by atoms with van der Waals surface area (Å²) < 4.78 is 0. The average Bonchev–Trinajstić information content (AvgIpc) is 3.31. The Bertz CT molecular complexity index is 640. The molecule has 3 N–H and O–H groups in total. The van der Waals surface area contributed by atoms with Gasteiger partial charge in [-0.05, 0) is 61.5 Å². The fraction of sp³-hybridized carbons (Fsp3) is 0.632. The van der Waals surface area contributed by atoms with Crippen LogP contribution in [0.2, 0.25) is 10.0 Å². The molecule has 3 nitrogen and oxygen atoms in total. The van der Waals surface area contributed by atoms with Crippen LogP contribution >= 0.6 is 35.6 Å². The number of nitrogens with two attached hydrogens (primary N) is 1. The van der Waals surface area contributed by atoms with Crippen LogP contribution in [-0.4, -0.2) is 18.0 Å². The Labute approximate surface area is 165 Å². The van der Waals surface area contributed by atoms with E-state index >= 15 is 0 Å². The predicted molar refractivity (Wildman–Crippen MR) is 105 cm³/mol. The molecule has 0 spiro atoms. The van der Waals surface area contributed by atoms with E-state index in [1.54, 1.807) is 6.07 Å². The van der Waals surface area contributed by atoms with Gasteiger partial charge in [0.05, 0.1) is 10.0 Å². The molecule has 2 bridgehead atoms. The van der Waals surface area contributed by atoms with E-state index in [1.165, 1.54) is 19.3 Å². The van der Waals surface area contributed by atoms with Crippen molar-refractivity contribution < 1.29 is 4.79 Å². The fourth-order valence-corrected chi connectivity index (χ4v) is 5.38. The Morgan fingerprint density at radius 1 is 1.12 bits per heavy atom. The van der Waals surface area contributed by atoms with Crippen LogP contribution in [0.5, 0.6) is 0 Å². The lowest BCUT2D eigenvalue weighted by Gasteiger charge is -2.45. The second-order valence-corrected chi connectivity index (χ2v) is 8.59. The third-order valence-corrected chi connectivity index (χ3v) is 7.03. The highest BCUT2D eigenvalue weighted by Crippen LogP contribution is 2.51. The number of carbonyl (C=O) groups excluding carboxylic acids is 1. The maximum atomic E-state index is 12.7. The summed E-state index contributed by atoms with van der Waals surface area (Å²) >= 11 is 12.4. The molecule has 0 heterocycles. The highest BCUT2D eigenvalue weighted by atomic mass is 35.5. The topological polar surface area (TPSA) is 55.1 Å². The summed E-state index contributed by atoms with van der Waals surface area (Å²) in [5, 5.41) is 4.53. The number of hydrogen-bond donors (Lipinski definition) is 2. The zero-order valence-electron chi connectivity index (χ0n) is 14.1. The van der Waals surface area contributed by atoms with Crippen molar-refractivity contribution in [2.24, 2.45) is 23.5 Å². The molecule has 3 fully saturated rings. The number of fused-ring (bicyclic) bond motifs is 2. The van der Waals surface area contributed by atoms with Gasteiger partial charge in [-0.3, -0.25) is 4.79 Å². The third-order valence-electron chi connectivity index (χ3n) is 6.19. The smallest absolute Gasteiger partial charge is 0.223 e. The number of rotatable bonds is 3. The summed E-state index contributed by atoms with van der Waals surface area (Å²) in [4.78, 5) is 12.7. The van der Waals surface area contributed by atoms with Gasteiger partial charge < -0.3 is 11.1 Å². The normalized spacial score (nSPS) is 36.3. The first kappa shape index (κ1) is 19.3. The largest absolute Gasteiger partial charge is 0.353 e. The van der Waals surface area contributed by atoms with Crippen LogP contribution in [0.25, 0.3) is 0 Å². The van der Waals surface area contributed by atoms with Crippen LogP contribution in [0.1, 0.15) is 50.0 Å². The van der Waals surface area contributed by atoms with Gasteiger partial charge in [0.25, 0.3) is 0 Å². The lowest BCUT2D eigenvalue weighted by atomic mass is 9.67. The van der Waals surface area contributed by atoms with Crippen molar-refractivity contribution in [2.75, 3.05) is 0 Å². The molecule has 25 heavy (non-hydrogen) atoms. The number of halogens is 3. The molecule has 4 rings (SSSR count). The van der Waals surface area contributed by atoms with Gasteiger partial charge in [-0.25, -0.2) is 0 Å². The molecule has 0 aliphatic heterocycles. The van der Waals surface area contributed by atoms with Crippen LogP contribution in [0.15, 0.2) is 18.2 Å². The predicted octanol–water partition coefficient (Wildman–Crippen LogP) is 4.54. The van der Waals surface area contributed by atoms with Gasteiger partial charge in [-0.15, -0.1) is 12.4 Å². The van der Waals surface area contributed by atoms with Gasteiger partial charge in [0, 0.05) is 18.0 Å². The molecule has 3 aliphatic rings. The molecule has 0 saturated heterocycles. The van der Waals surface area contributed by atoms with Gasteiger partial charge in [-0.2, -0.15) is 0 Å². The fourth-order valence-electron chi connectivity index (χ4n) is 4.93. The zero-order valence-corrected chi connectivity index (χ0v) is 16.4. The number of benzene rings is 1. The van der Waals surface area contributed by atoms with Crippen LogP contribution in [0.4, 0.5) is 0 Å². The summed E-state index contributed by atoms with van der Waals surface area (Å²) in [7, 11) is 0. The number of hydrogen-bond acceptors (Lipinski definition) is 2. The minimum absolute atomic E-state index is 0. The molecule has 1 amide bonds. The number of amides is 1. The standard InChI is InChI=1S/C19H24Cl2N2O.ClH/c20-16-6-2-5-13(17(16)21)14-9-15(14)19(24)23-18-10-3-1-4-11(18)8-12(22)7-10;/h2,5-6,10-12,14-15,18H,1,3-4,7-9,22H2,(H,23,24);1H. The molecular weight excluding hydrogens is 379 g/mol. The van der Waals surface area contributed by atoms with Crippen molar-refractivity contribution in [3.05, 3.63) is 33.8 Å². The van der Waals surface area contributed by atoms with Crippen LogP contribution < -0.4 is 11.1 Å². The van der Waals surface area contributed by atoms with E-state index in [4.69, 9.17) is 28.9 Å². The number of nitrogens with one attached hydrogen (secondary N) is 1. The summed E-state index contributed by atoms with van der Waals surface area (Å²) in [5.41, 5.74) is 7.19. The monoisotopic (exact) mass is 402 g/mol. The summed E-state index contributed by atoms with van der Waals surface area (Å²) in [6.07, 6.45) is 6.64. The molecule has 1 aromatic rings. The maximum absolute atomic E-state index is 12.7. The molecule has 4 atom stereocenters. The van der Waals surface area contributed by atoms with Crippen molar-refractivity contribution in [3.63, 3.8) is 0 Å². The lowest BCUT2D eigenvalue weighted by molar-refractivity contribution is -0.124. The molecule has 1 aromatic carbocycles. The van der Waals surface area contributed by atoms with Crippen molar-refractivity contribution in [3.8, 4) is 0 Å². The molecule has 6 heteroatoms. The van der Waals surface area contributed by atoms with E-state index in [9.17, 15) is 4.79 Å².